The van der Waals surface area contributed by atoms with Crippen molar-refractivity contribution in [3.63, 3.8) is 0 Å². The van der Waals surface area contributed by atoms with Crippen LogP contribution in [-0.2, 0) is 0 Å². The molecule has 0 aromatic heterocycles. The first kappa shape index (κ1) is 15.2. The molecule has 106 valence electrons. The molecule has 0 N–H and O–H groups in total. The third-order valence-corrected chi connectivity index (χ3v) is 3.56. The third kappa shape index (κ3) is 3.65. The lowest BCUT2D eigenvalue weighted by Crippen LogP contribution is -2.08. The maximum Gasteiger partial charge on any atom is 0.0998 e. The quantitative estimate of drug-likeness (QED) is 0.602. The molecule has 0 saturated heterocycles. The number of rotatable bonds is 3. The number of anilines is 1. The van der Waals surface area contributed by atoms with E-state index in [9.17, 15) is 5.26 Å². The average Bonchev–Trinajstić information content (AvgIpc) is 2.45. The van der Waals surface area contributed by atoms with Gasteiger partial charge in [0.15, 0.2) is 0 Å². The highest BCUT2D eigenvalue weighted by Crippen LogP contribution is 2.24. The highest BCUT2D eigenvalue weighted by atomic mass is 35.5. The molecule has 2 rings (SSSR count). The monoisotopic (exact) mass is 296 g/mol. The standard InChI is InChI=1S/C18H17ClN2/c1-13-9-18(21(2)3)8-7-14(13)10-16(12-20)15-5-4-6-17(19)11-15/h4-11H,1-3H3/b16-10+. The smallest absolute Gasteiger partial charge is 0.0998 e. The fourth-order valence-corrected chi connectivity index (χ4v) is 2.28. The summed E-state index contributed by atoms with van der Waals surface area (Å²) in [7, 11) is 4.02. The van der Waals surface area contributed by atoms with Gasteiger partial charge in [0.25, 0.3) is 0 Å². The maximum absolute atomic E-state index is 9.40. The molecule has 0 bridgehead atoms. The fourth-order valence-electron chi connectivity index (χ4n) is 2.09. The van der Waals surface area contributed by atoms with Gasteiger partial charge in [0.05, 0.1) is 11.6 Å². The number of allylic oxidation sites excluding steroid dienone is 1. The number of benzene rings is 2. The van der Waals surface area contributed by atoms with E-state index in [1.807, 2.05) is 51.4 Å². The van der Waals surface area contributed by atoms with Crippen LogP contribution in [-0.4, -0.2) is 14.1 Å². The summed E-state index contributed by atoms with van der Waals surface area (Å²) in [6.07, 6.45) is 1.90. The minimum Gasteiger partial charge on any atom is -0.378 e. The van der Waals surface area contributed by atoms with Gasteiger partial charge in [0.2, 0.25) is 0 Å². The van der Waals surface area contributed by atoms with Gasteiger partial charge in [0, 0.05) is 24.8 Å². The van der Waals surface area contributed by atoms with Crippen LogP contribution in [0.1, 0.15) is 16.7 Å². The molecule has 0 saturated carbocycles. The van der Waals surface area contributed by atoms with Crippen LogP contribution in [0.5, 0.6) is 0 Å². The van der Waals surface area contributed by atoms with Gasteiger partial charge >= 0.3 is 0 Å². The molecule has 0 atom stereocenters. The molecule has 2 aromatic carbocycles. The molecule has 0 amide bonds. The van der Waals surface area contributed by atoms with E-state index in [0.29, 0.717) is 10.6 Å². The zero-order valence-electron chi connectivity index (χ0n) is 12.4. The molecule has 0 radical (unpaired) electrons. The van der Waals surface area contributed by atoms with Gasteiger partial charge in [-0.2, -0.15) is 5.26 Å². The minimum absolute atomic E-state index is 0.609. The van der Waals surface area contributed by atoms with Crippen molar-refractivity contribution >= 4 is 28.9 Å². The van der Waals surface area contributed by atoms with E-state index in [4.69, 9.17) is 11.6 Å². The van der Waals surface area contributed by atoms with Gasteiger partial charge in [0.1, 0.15) is 0 Å². The van der Waals surface area contributed by atoms with Crippen molar-refractivity contribution in [3.8, 4) is 6.07 Å². The zero-order valence-corrected chi connectivity index (χ0v) is 13.1. The predicted octanol–water partition coefficient (Wildman–Crippen LogP) is 4.78. The Balaban J connectivity index is 2.44. The van der Waals surface area contributed by atoms with Crippen LogP contribution in [0.4, 0.5) is 5.69 Å². The second kappa shape index (κ2) is 6.47. The van der Waals surface area contributed by atoms with Gasteiger partial charge in [-0.3, -0.25) is 0 Å². The molecular formula is C18H17ClN2. The van der Waals surface area contributed by atoms with E-state index < -0.39 is 0 Å². The van der Waals surface area contributed by atoms with Crippen LogP contribution in [0.25, 0.3) is 11.6 Å². The molecule has 0 aliphatic heterocycles. The molecule has 2 nitrogen and oxygen atoms in total. The highest BCUT2D eigenvalue weighted by molar-refractivity contribution is 6.30. The second-order valence-electron chi connectivity index (χ2n) is 5.12. The molecule has 2 aromatic rings. The average molecular weight is 297 g/mol. The summed E-state index contributed by atoms with van der Waals surface area (Å²) >= 11 is 5.99. The zero-order chi connectivity index (χ0) is 15.4. The Hall–Kier alpha value is -2.24. The van der Waals surface area contributed by atoms with Crippen LogP contribution in [0.15, 0.2) is 42.5 Å². The van der Waals surface area contributed by atoms with E-state index in [2.05, 4.69) is 17.0 Å². The Morgan fingerprint density at radius 3 is 2.52 bits per heavy atom. The molecule has 0 spiro atoms. The van der Waals surface area contributed by atoms with Crippen molar-refractivity contribution in [2.24, 2.45) is 0 Å². The van der Waals surface area contributed by atoms with Crippen molar-refractivity contribution in [2.75, 3.05) is 19.0 Å². The predicted molar refractivity (Wildman–Crippen MR) is 90.4 cm³/mol. The lowest BCUT2D eigenvalue weighted by molar-refractivity contribution is 1.13. The van der Waals surface area contributed by atoms with E-state index in [1.165, 1.54) is 0 Å². The summed E-state index contributed by atoms with van der Waals surface area (Å²) in [6, 6.07) is 15.8. The molecule has 0 aliphatic rings. The molecule has 0 aliphatic carbocycles. The lowest BCUT2D eigenvalue weighted by atomic mass is 10.0. The Kier molecular flexibility index (Phi) is 4.67. The van der Waals surface area contributed by atoms with Crippen molar-refractivity contribution in [2.45, 2.75) is 6.92 Å². The fraction of sp³-hybridized carbons (Fsp3) is 0.167. The van der Waals surface area contributed by atoms with Gasteiger partial charge in [-0.1, -0.05) is 29.8 Å². The summed E-state index contributed by atoms with van der Waals surface area (Å²) in [5, 5.41) is 10.0. The van der Waals surface area contributed by atoms with Gasteiger partial charge < -0.3 is 4.90 Å². The summed E-state index contributed by atoms with van der Waals surface area (Å²) in [5.41, 5.74) is 4.76. The summed E-state index contributed by atoms with van der Waals surface area (Å²) in [5.74, 6) is 0. The van der Waals surface area contributed by atoms with E-state index >= 15 is 0 Å². The molecule has 0 heterocycles. The highest BCUT2D eigenvalue weighted by Gasteiger charge is 2.04. The van der Waals surface area contributed by atoms with Crippen molar-refractivity contribution in [1.29, 1.82) is 5.26 Å². The first-order chi connectivity index (χ1) is 10.0. The Morgan fingerprint density at radius 1 is 1.19 bits per heavy atom. The Bertz CT molecular complexity index is 724. The lowest BCUT2D eigenvalue weighted by Gasteiger charge is -2.14. The van der Waals surface area contributed by atoms with Gasteiger partial charge in [-0.05, 0) is 54.0 Å². The van der Waals surface area contributed by atoms with Crippen LogP contribution in [0.2, 0.25) is 5.02 Å². The summed E-state index contributed by atoms with van der Waals surface area (Å²) in [4.78, 5) is 2.06. The van der Waals surface area contributed by atoms with Crippen molar-refractivity contribution in [1.82, 2.24) is 0 Å². The second-order valence-corrected chi connectivity index (χ2v) is 5.55. The number of hydrogen-bond acceptors (Lipinski definition) is 2. The molecular weight excluding hydrogens is 280 g/mol. The first-order valence-corrected chi connectivity index (χ1v) is 7.05. The van der Waals surface area contributed by atoms with E-state index in [0.717, 1.165) is 22.4 Å². The third-order valence-electron chi connectivity index (χ3n) is 3.33. The van der Waals surface area contributed by atoms with Crippen LogP contribution in [0, 0.1) is 18.3 Å². The molecule has 0 unspecified atom stereocenters. The summed E-state index contributed by atoms with van der Waals surface area (Å²) in [6.45, 7) is 2.05. The number of halogens is 1. The topological polar surface area (TPSA) is 27.0 Å². The minimum atomic E-state index is 0.609. The van der Waals surface area contributed by atoms with E-state index in [-0.39, 0.29) is 0 Å². The number of nitrogens with zero attached hydrogens (tertiary/aromatic N) is 2. The maximum atomic E-state index is 9.40. The largest absolute Gasteiger partial charge is 0.378 e. The summed E-state index contributed by atoms with van der Waals surface area (Å²) < 4.78 is 0. The molecule has 21 heavy (non-hydrogen) atoms. The number of nitriles is 1. The van der Waals surface area contributed by atoms with Crippen LogP contribution < -0.4 is 4.90 Å². The Labute approximate surface area is 130 Å². The van der Waals surface area contributed by atoms with Crippen LogP contribution in [0.3, 0.4) is 0 Å². The normalized spacial score (nSPS) is 11.1. The van der Waals surface area contributed by atoms with Crippen molar-refractivity contribution < 1.29 is 0 Å². The van der Waals surface area contributed by atoms with Gasteiger partial charge in [-0.25, -0.2) is 0 Å². The first-order valence-electron chi connectivity index (χ1n) is 6.67. The van der Waals surface area contributed by atoms with Crippen molar-refractivity contribution in [3.05, 3.63) is 64.2 Å². The molecule has 3 heteroatoms. The van der Waals surface area contributed by atoms with E-state index in [1.54, 1.807) is 12.1 Å². The SMILES string of the molecule is Cc1cc(N(C)C)ccc1/C=C(\C#N)c1cccc(Cl)c1. The molecule has 0 fully saturated rings. The number of hydrogen-bond donors (Lipinski definition) is 0. The van der Waals surface area contributed by atoms with Crippen LogP contribution >= 0.6 is 11.6 Å². The van der Waals surface area contributed by atoms with Gasteiger partial charge in [-0.15, -0.1) is 0 Å². The Morgan fingerprint density at radius 2 is 1.95 bits per heavy atom. The number of aryl methyl sites for hydroxylation is 1.